The molecule has 0 bridgehead atoms. The van der Waals surface area contributed by atoms with E-state index in [1.807, 2.05) is 18.2 Å². The maximum Gasteiger partial charge on any atom is 0.340 e. The van der Waals surface area contributed by atoms with Crippen LogP contribution in [0.2, 0.25) is 10.0 Å². The fraction of sp³-hybridized carbons (Fsp3) is 0.231. The van der Waals surface area contributed by atoms with Crippen molar-refractivity contribution in [3.8, 4) is 23.0 Å². The van der Waals surface area contributed by atoms with E-state index >= 15 is 0 Å². The number of fused-ring (bicyclic) bond motifs is 3. The van der Waals surface area contributed by atoms with Gasteiger partial charge in [-0.05, 0) is 30.3 Å². The van der Waals surface area contributed by atoms with Gasteiger partial charge in [-0.2, -0.15) is 5.10 Å². The van der Waals surface area contributed by atoms with Crippen molar-refractivity contribution >= 4 is 34.9 Å². The third-order valence-electron chi connectivity index (χ3n) is 6.30. The lowest BCUT2D eigenvalue weighted by atomic mass is 9.94. The van der Waals surface area contributed by atoms with Crippen LogP contribution in [0.5, 0.6) is 23.0 Å². The largest absolute Gasteiger partial charge is 0.493 e. The molecule has 0 aliphatic carbocycles. The van der Waals surface area contributed by atoms with Gasteiger partial charge in [0.15, 0.2) is 23.0 Å². The average molecular weight is 529 g/mol. The maximum atomic E-state index is 12.4. The highest BCUT2D eigenvalue weighted by molar-refractivity contribution is 6.37. The van der Waals surface area contributed by atoms with Crippen LogP contribution in [0.15, 0.2) is 53.6 Å². The van der Waals surface area contributed by atoms with Crippen molar-refractivity contribution in [1.29, 1.82) is 0 Å². The Kier molecular flexibility index (Phi) is 6.32. The Morgan fingerprint density at radius 1 is 1.03 bits per heavy atom. The first-order valence-corrected chi connectivity index (χ1v) is 11.8. The number of aromatic carboxylic acids is 1. The fourth-order valence-corrected chi connectivity index (χ4v) is 5.22. The standard InChI is InChI=1S/C26H22Cl2N2O6/c1-33-20-6-4-5-15-19-12-18(14-8-7-13(27)11-17(14)28)29-30(19)25(36-23(15)20)16-9-10-21(34-2)24(35-3)22(16)26(31)32/h4-11,19,25H,12H2,1-3H3,(H,31,32)/t19-,25-/m1/s1. The molecule has 1 N–H and O–H groups in total. The maximum absolute atomic E-state index is 12.4. The molecule has 0 amide bonds. The van der Waals surface area contributed by atoms with Crippen molar-refractivity contribution in [3.05, 3.63) is 80.8 Å². The predicted octanol–water partition coefficient (Wildman–Crippen LogP) is 5.96. The SMILES string of the molecule is COc1cccc2c1O[C@H](c1ccc(OC)c(OC)c1C(=O)O)N1N=C(c3ccc(Cl)cc3Cl)C[C@H]21. The molecule has 8 nitrogen and oxygen atoms in total. The van der Waals surface area contributed by atoms with Gasteiger partial charge in [-0.15, -0.1) is 0 Å². The molecule has 2 atom stereocenters. The number of hydrogen-bond acceptors (Lipinski definition) is 7. The summed E-state index contributed by atoms with van der Waals surface area (Å²) in [7, 11) is 4.40. The van der Waals surface area contributed by atoms with E-state index in [4.69, 9.17) is 47.3 Å². The molecule has 2 aliphatic heterocycles. The quantitative estimate of drug-likeness (QED) is 0.422. The topological polar surface area (TPSA) is 89.8 Å². The first kappa shape index (κ1) is 24.1. The Morgan fingerprint density at radius 3 is 2.47 bits per heavy atom. The Bertz CT molecular complexity index is 1390. The van der Waals surface area contributed by atoms with E-state index in [1.54, 1.807) is 42.5 Å². The van der Waals surface area contributed by atoms with Gasteiger partial charge in [0.05, 0.1) is 38.1 Å². The number of ether oxygens (including phenoxy) is 4. The molecule has 3 aromatic carbocycles. The van der Waals surface area contributed by atoms with Crippen molar-refractivity contribution in [3.63, 3.8) is 0 Å². The highest BCUT2D eigenvalue weighted by Gasteiger charge is 2.44. The van der Waals surface area contributed by atoms with Gasteiger partial charge in [-0.25, -0.2) is 9.80 Å². The van der Waals surface area contributed by atoms with Gasteiger partial charge in [0.2, 0.25) is 6.23 Å². The molecule has 2 aliphatic rings. The minimum absolute atomic E-state index is 0.0767. The van der Waals surface area contributed by atoms with Crippen LogP contribution in [0.25, 0.3) is 0 Å². The number of halogens is 2. The summed E-state index contributed by atoms with van der Waals surface area (Å²) in [4.78, 5) is 12.4. The molecule has 2 heterocycles. The van der Waals surface area contributed by atoms with E-state index in [-0.39, 0.29) is 17.4 Å². The number of carboxylic acids is 1. The van der Waals surface area contributed by atoms with E-state index in [1.165, 1.54) is 14.2 Å². The molecule has 36 heavy (non-hydrogen) atoms. The van der Waals surface area contributed by atoms with Gasteiger partial charge in [-0.1, -0.05) is 41.4 Å². The van der Waals surface area contributed by atoms with E-state index in [9.17, 15) is 9.90 Å². The zero-order valence-corrected chi connectivity index (χ0v) is 21.1. The molecule has 0 radical (unpaired) electrons. The Labute approximate surface area is 217 Å². The van der Waals surface area contributed by atoms with Crippen LogP contribution in [-0.2, 0) is 0 Å². The molecule has 0 fully saturated rings. The third kappa shape index (κ3) is 3.86. The predicted molar refractivity (Wildman–Crippen MR) is 135 cm³/mol. The molecule has 0 aromatic heterocycles. The molecule has 0 unspecified atom stereocenters. The molecule has 10 heteroatoms. The van der Waals surface area contributed by atoms with Gasteiger partial charge >= 0.3 is 5.97 Å². The van der Waals surface area contributed by atoms with Crippen LogP contribution in [0.3, 0.4) is 0 Å². The second kappa shape index (κ2) is 9.44. The Morgan fingerprint density at radius 2 is 1.81 bits per heavy atom. The number of hydrogen-bond donors (Lipinski definition) is 1. The molecule has 0 spiro atoms. The summed E-state index contributed by atoms with van der Waals surface area (Å²) >= 11 is 12.6. The summed E-state index contributed by atoms with van der Waals surface area (Å²) in [6, 6.07) is 13.9. The summed E-state index contributed by atoms with van der Waals surface area (Å²) in [5.41, 5.74) is 2.61. The first-order valence-electron chi connectivity index (χ1n) is 11.0. The number of carboxylic acid groups (broad SMARTS) is 1. The van der Waals surface area contributed by atoms with Crippen molar-refractivity contribution in [1.82, 2.24) is 5.01 Å². The summed E-state index contributed by atoms with van der Waals surface area (Å²) in [5.74, 6) is 0.263. The summed E-state index contributed by atoms with van der Waals surface area (Å²) in [5, 5.41) is 17.8. The minimum atomic E-state index is -1.18. The van der Waals surface area contributed by atoms with Crippen LogP contribution >= 0.6 is 23.2 Å². The lowest BCUT2D eigenvalue weighted by molar-refractivity contribution is -0.0217. The number of hydrazone groups is 1. The smallest absolute Gasteiger partial charge is 0.340 e. The normalized spacial score (nSPS) is 18.0. The van der Waals surface area contributed by atoms with Crippen LogP contribution in [-0.4, -0.2) is 43.1 Å². The Hall–Kier alpha value is -3.62. The number of para-hydroxylation sites is 1. The minimum Gasteiger partial charge on any atom is -0.493 e. The molecular weight excluding hydrogens is 507 g/mol. The lowest BCUT2D eigenvalue weighted by Crippen LogP contribution is -2.35. The highest BCUT2D eigenvalue weighted by Crippen LogP contribution is 2.52. The number of carbonyl (C=O) groups is 1. The van der Waals surface area contributed by atoms with Gasteiger partial charge in [-0.3, -0.25) is 0 Å². The summed E-state index contributed by atoms with van der Waals surface area (Å²) in [6.45, 7) is 0. The fourth-order valence-electron chi connectivity index (χ4n) is 4.70. The van der Waals surface area contributed by atoms with Crippen molar-refractivity contribution in [2.24, 2.45) is 5.10 Å². The van der Waals surface area contributed by atoms with Gasteiger partial charge < -0.3 is 24.1 Å². The molecule has 186 valence electrons. The van der Waals surface area contributed by atoms with Crippen molar-refractivity contribution in [2.45, 2.75) is 18.7 Å². The molecule has 5 rings (SSSR count). The van der Waals surface area contributed by atoms with Crippen LogP contribution in [0.1, 0.15) is 45.7 Å². The third-order valence-corrected chi connectivity index (χ3v) is 6.85. The van der Waals surface area contributed by atoms with Crippen LogP contribution < -0.4 is 18.9 Å². The number of methoxy groups -OCH3 is 3. The Balaban J connectivity index is 1.71. The summed E-state index contributed by atoms with van der Waals surface area (Å²) in [6.07, 6.45) is -0.384. The van der Waals surface area contributed by atoms with Crippen molar-refractivity contribution in [2.75, 3.05) is 21.3 Å². The highest BCUT2D eigenvalue weighted by atomic mass is 35.5. The second-order valence-electron chi connectivity index (χ2n) is 8.19. The second-order valence-corrected chi connectivity index (χ2v) is 9.03. The molecule has 0 saturated carbocycles. The number of benzene rings is 3. The zero-order valence-electron chi connectivity index (χ0n) is 19.6. The van der Waals surface area contributed by atoms with Crippen molar-refractivity contribution < 1.29 is 28.8 Å². The summed E-state index contributed by atoms with van der Waals surface area (Å²) < 4.78 is 22.8. The first-order chi connectivity index (χ1) is 17.4. The van der Waals surface area contributed by atoms with Crippen LogP contribution in [0.4, 0.5) is 0 Å². The zero-order chi connectivity index (χ0) is 25.6. The van der Waals surface area contributed by atoms with Gasteiger partial charge in [0, 0.05) is 28.1 Å². The van der Waals surface area contributed by atoms with E-state index in [0.29, 0.717) is 39.3 Å². The number of rotatable bonds is 6. The number of nitrogens with zero attached hydrogens (tertiary/aromatic N) is 2. The van der Waals surface area contributed by atoms with Gasteiger partial charge in [0.1, 0.15) is 5.56 Å². The van der Waals surface area contributed by atoms with E-state index < -0.39 is 12.2 Å². The lowest BCUT2D eigenvalue weighted by Gasteiger charge is -2.39. The van der Waals surface area contributed by atoms with E-state index in [0.717, 1.165) is 16.8 Å². The average Bonchev–Trinajstić information content (AvgIpc) is 3.32. The molecule has 0 saturated heterocycles. The molecular formula is C26H22Cl2N2O6. The van der Waals surface area contributed by atoms with Gasteiger partial charge in [0.25, 0.3) is 0 Å². The van der Waals surface area contributed by atoms with Crippen LogP contribution in [0, 0.1) is 0 Å². The van der Waals surface area contributed by atoms with E-state index in [2.05, 4.69) is 0 Å². The monoisotopic (exact) mass is 528 g/mol. The molecule has 3 aromatic rings.